The molecule has 0 saturated heterocycles. The summed E-state index contributed by atoms with van der Waals surface area (Å²) in [6, 6.07) is 5.21. The van der Waals surface area contributed by atoms with Gasteiger partial charge in [0.15, 0.2) is 11.5 Å². The topological polar surface area (TPSA) is 74.2 Å². The Labute approximate surface area is 123 Å². The van der Waals surface area contributed by atoms with E-state index in [0.717, 1.165) is 6.08 Å². The van der Waals surface area contributed by atoms with Gasteiger partial charge in [0.1, 0.15) is 13.2 Å². The van der Waals surface area contributed by atoms with Crippen LogP contribution in [0.5, 0.6) is 11.5 Å². The molecule has 0 bridgehead atoms. The number of ether oxygens (including phenoxy) is 4. The largest absolute Gasteiger partial charge is 0.487 e. The van der Waals surface area contributed by atoms with Gasteiger partial charge >= 0.3 is 5.97 Å². The van der Waals surface area contributed by atoms with Crippen LogP contribution in [0.4, 0.5) is 0 Å². The van der Waals surface area contributed by atoms with Crippen molar-refractivity contribution < 1.29 is 28.8 Å². The third-order valence-electron chi connectivity index (χ3n) is 2.48. The van der Waals surface area contributed by atoms with E-state index in [1.54, 1.807) is 32.4 Å². The molecule has 21 heavy (non-hydrogen) atoms. The highest BCUT2D eigenvalue weighted by molar-refractivity contribution is 5.85. The summed E-state index contributed by atoms with van der Waals surface area (Å²) >= 11 is 0. The first-order chi connectivity index (χ1) is 10.2. The minimum atomic E-state index is -1.00. The summed E-state index contributed by atoms with van der Waals surface area (Å²) < 4.78 is 21.0. The Kier molecular flexibility index (Phi) is 7.93. The fraction of sp³-hybridized carbons (Fsp3) is 0.400. The standard InChI is InChI=1S/C15H20O6/c1-18-7-9-20-13-5-3-12(4-6-15(16)17)11-14(13)21-10-8-19-2/h3-6,11H,7-10H2,1-2H3,(H,16,17)/b6-4+. The minimum Gasteiger partial charge on any atom is -0.487 e. The molecule has 0 atom stereocenters. The molecular weight excluding hydrogens is 276 g/mol. The highest BCUT2D eigenvalue weighted by Gasteiger charge is 2.06. The van der Waals surface area contributed by atoms with E-state index >= 15 is 0 Å². The molecule has 0 fully saturated rings. The first-order valence-electron chi connectivity index (χ1n) is 6.46. The quantitative estimate of drug-likeness (QED) is 0.524. The molecule has 0 amide bonds. The predicted octanol–water partition coefficient (Wildman–Crippen LogP) is 1.83. The molecule has 0 spiro atoms. The van der Waals surface area contributed by atoms with Gasteiger partial charge in [0.05, 0.1) is 13.2 Å². The molecule has 0 unspecified atom stereocenters. The predicted molar refractivity (Wildman–Crippen MR) is 77.9 cm³/mol. The fourth-order valence-corrected chi connectivity index (χ4v) is 1.50. The van der Waals surface area contributed by atoms with Crippen molar-refractivity contribution in [1.82, 2.24) is 0 Å². The van der Waals surface area contributed by atoms with Gasteiger partial charge < -0.3 is 24.1 Å². The number of rotatable bonds is 10. The van der Waals surface area contributed by atoms with E-state index < -0.39 is 5.97 Å². The molecular formula is C15H20O6. The van der Waals surface area contributed by atoms with Crippen LogP contribution in [0.15, 0.2) is 24.3 Å². The van der Waals surface area contributed by atoms with Gasteiger partial charge in [0, 0.05) is 20.3 Å². The Morgan fingerprint density at radius 1 is 1.05 bits per heavy atom. The van der Waals surface area contributed by atoms with Crippen molar-refractivity contribution in [3.05, 3.63) is 29.8 Å². The minimum absolute atomic E-state index is 0.378. The lowest BCUT2D eigenvalue weighted by Gasteiger charge is -2.13. The van der Waals surface area contributed by atoms with Gasteiger partial charge in [-0.3, -0.25) is 0 Å². The molecule has 6 heteroatoms. The van der Waals surface area contributed by atoms with Crippen LogP contribution in [0.25, 0.3) is 6.08 Å². The van der Waals surface area contributed by atoms with Gasteiger partial charge in [-0.2, -0.15) is 0 Å². The van der Waals surface area contributed by atoms with Gasteiger partial charge in [-0.25, -0.2) is 4.79 Å². The highest BCUT2D eigenvalue weighted by atomic mass is 16.5. The Morgan fingerprint density at radius 3 is 2.24 bits per heavy atom. The van der Waals surface area contributed by atoms with Gasteiger partial charge in [-0.05, 0) is 23.8 Å². The Balaban J connectivity index is 2.82. The molecule has 0 saturated carbocycles. The average molecular weight is 296 g/mol. The van der Waals surface area contributed by atoms with E-state index in [1.807, 2.05) is 0 Å². The van der Waals surface area contributed by atoms with Crippen molar-refractivity contribution in [3.63, 3.8) is 0 Å². The summed E-state index contributed by atoms with van der Waals surface area (Å²) in [6.07, 6.45) is 2.56. The second-order valence-corrected chi connectivity index (χ2v) is 4.06. The first-order valence-corrected chi connectivity index (χ1v) is 6.46. The van der Waals surface area contributed by atoms with E-state index in [9.17, 15) is 4.79 Å². The maximum atomic E-state index is 10.5. The van der Waals surface area contributed by atoms with Gasteiger partial charge in [-0.1, -0.05) is 6.07 Å². The summed E-state index contributed by atoms with van der Waals surface area (Å²) in [5, 5.41) is 8.64. The number of carboxylic acid groups (broad SMARTS) is 1. The van der Waals surface area contributed by atoms with Crippen molar-refractivity contribution in [2.75, 3.05) is 40.6 Å². The van der Waals surface area contributed by atoms with E-state index in [2.05, 4.69) is 0 Å². The molecule has 0 aliphatic heterocycles. The summed E-state index contributed by atoms with van der Waals surface area (Å²) in [5.41, 5.74) is 0.712. The normalized spacial score (nSPS) is 10.8. The van der Waals surface area contributed by atoms with Gasteiger partial charge in [0.25, 0.3) is 0 Å². The van der Waals surface area contributed by atoms with Crippen molar-refractivity contribution in [3.8, 4) is 11.5 Å². The number of hydrogen-bond acceptors (Lipinski definition) is 5. The van der Waals surface area contributed by atoms with Gasteiger partial charge in [0.2, 0.25) is 0 Å². The van der Waals surface area contributed by atoms with Crippen molar-refractivity contribution in [2.24, 2.45) is 0 Å². The number of carboxylic acids is 1. The van der Waals surface area contributed by atoms with Crippen LogP contribution in [-0.4, -0.2) is 51.7 Å². The molecule has 1 aromatic carbocycles. The first kappa shape index (κ1) is 17.0. The highest BCUT2D eigenvalue weighted by Crippen LogP contribution is 2.29. The molecule has 0 radical (unpaired) electrons. The number of benzene rings is 1. The maximum absolute atomic E-state index is 10.5. The molecule has 0 heterocycles. The van der Waals surface area contributed by atoms with E-state index in [1.165, 1.54) is 6.08 Å². The summed E-state index contributed by atoms with van der Waals surface area (Å²) in [6.45, 7) is 1.70. The lowest BCUT2D eigenvalue weighted by Crippen LogP contribution is -2.08. The number of carbonyl (C=O) groups is 1. The molecule has 116 valence electrons. The number of aliphatic carboxylic acids is 1. The van der Waals surface area contributed by atoms with Crippen molar-refractivity contribution in [1.29, 1.82) is 0 Å². The van der Waals surface area contributed by atoms with Crippen LogP contribution in [0, 0.1) is 0 Å². The van der Waals surface area contributed by atoms with E-state index in [-0.39, 0.29) is 0 Å². The monoisotopic (exact) mass is 296 g/mol. The van der Waals surface area contributed by atoms with Crippen LogP contribution in [-0.2, 0) is 14.3 Å². The van der Waals surface area contributed by atoms with Crippen molar-refractivity contribution in [2.45, 2.75) is 0 Å². The smallest absolute Gasteiger partial charge is 0.328 e. The molecule has 6 nitrogen and oxygen atoms in total. The third-order valence-corrected chi connectivity index (χ3v) is 2.48. The zero-order valence-corrected chi connectivity index (χ0v) is 12.2. The summed E-state index contributed by atoms with van der Waals surface area (Å²) in [5.74, 6) is 0.114. The lowest BCUT2D eigenvalue weighted by molar-refractivity contribution is -0.131. The maximum Gasteiger partial charge on any atom is 0.328 e. The van der Waals surface area contributed by atoms with Crippen LogP contribution >= 0.6 is 0 Å². The molecule has 1 N–H and O–H groups in total. The Hall–Kier alpha value is -2.05. The lowest BCUT2D eigenvalue weighted by atomic mass is 10.2. The van der Waals surface area contributed by atoms with Crippen LogP contribution in [0.1, 0.15) is 5.56 Å². The third kappa shape index (κ3) is 6.78. The molecule has 1 rings (SSSR count). The second kappa shape index (κ2) is 9.79. The molecule has 0 aliphatic rings. The zero-order chi connectivity index (χ0) is 15.5. The molecule has 1 aromatic rings. The zero-order valence-electron chi connectivity index (χ0n) is 12.2. The number of hydrogen-bond donors (Lipinski definition) is 1. The van der Waals surface area contributed by atoms with Crippen LogP contribution < -0.4 is 9.47 Å². The van der Waals surface area contributed by atoms with Crippen LogP contribution in [0.3, 0.4) is 0 Å². The second-order valence-electron chi connectivity index (χ2n) is 4.06. The Bertz CT molecular complexity index is 469. The average Bonchev–Trinajstić information content (AvgIpc) is 2.47. The van der Waals surface area contributed by atoms with Crippen molar-refractivity contribution >= 4 is 12.0 Å². The molecule has 0 aliphatic carbocycles. The van der Waals surface area contributed by atoms with Gasteiger partial charge in [-0.15, -0.1) is 0 Å². The SMILES string of the molecule is COCCOc1ccc(/C=C/C(=O)O)cc1OCCOC. The summed E-state index contributed by atoms with van der Waals surface area (Å²) in [4.78, 5) is 10.5. The Morgan fingerprint density at radius 2 is 1.67 bits per heavy atom. The van der Waals surface area contributed by atoms with E-state index in [0.29, 0.717) is 43.5 Å². The summed E-state index contributed by atoms with van der Waals surface area (Å²) in [7, 11) is 3.19. The van der Waals surface area contributed by atoms with Crippen LogP contribution in [0.2, 0.25) is 0 Å². The molecule has 0 aromatic heterocycles. The van der Waals surface area contributed by atoms with E-state index in [4.69, 9.17) is 24.1 Å². The number of methoxy groups -OCH3 is 2. The fourth-order valence-electron chi connectivity index (χ4n) is 1.50.